The van der Waals surface area contributed by atoms with E-state index in [1.807, 2.05) is 33.3 Å². The van der Waals surface area contributed by atoms with Gasteiger partial charge in [-0.1, -0.05) is 266 Å². The molecule has 0 bridgehead atoms. The third kappa shape index (κ3) is 61.3. The van der Waals surface area contributed by atoms with E-state index in [9.17, 15) is 19.0 Å². The topological polar surface area (TPSA) is 114 Å². The van der Waals surface area contributed by atoms with Crippen LogP contribution in [0.5, 0.6) is 0 Å². The van der Waals surface area contributed by atoms with Crippen LogP contribution >= 0.6 is 7.82 Å². The lowest BCUT2D eigenvalue weighted by Crippen LogP contribution is -2.47. The Bertz CT molecular complexity index is 1710. The molecule has 0 aliphatic carbocycles. The van der Waals surface area contributed by atoms with Crippen LogP contribution in [-0.2, 0) is 27.9 Å². The van der Waals surface area contributed by atoms with Crippen molar-refractivity contribution in [1.82, 2.24) is 5.32 Å². The van der Waals surface area contributed by atoms with Crippen molar-refractivity contribution in [2.24, 2.45) is 0 Å². The fourth-order valence-corrected chi connectivity index (χ4v) is 10.1. The number of nitrogens with zero attached hydrogens (tertiary/aromatic N) is 1. The zero-order chi connectivity index (χ0) is 59.3. The summed E-state index contributed by atoms with van der Waals surface area (Å²) < 4.78 is 30.4. The Labute approximate surface area is 500 Å². The molecule has 81 heavy (non-hydrogen) atoms. The molecule has 0 radical (unpaired) electrons. The monoisotopic (exact) mass is 1150 g/mol. The molecule has 10 heteroatoms. The van der Waals surface area contributed by atoms with Gasteiger partial charge in [0.25, 0.3) is 7.82 Å². The third-order valence-electron chi connectivity index (χ3n) is 14.5. The number of quaternary nitrogens is 1. The van der Waals surface area contributed by atoms with Crippen LogP contribution in [0.2, 0.25) is 0 Å². The van der Waals surface area contributed by atoms with Crippen molar-refractivity contribution < 1.29 is 37.3 Å². The van der Waals surface area contributed by atoms with E-state index in [1.54, 1.807) is 0 Å². The van der Waals surface area contributed by atoms with E-state index in [0.29, 0.717) is 23.9 Å². The Morgan fingerprint density at radius 2 is 0.790 bits per heavy atom. The van der Waals surface area contributed by atoms with Gasteiger partial charge in [-0.25, -0.2) is 0 Å². The highest BCUT2D eigenvalue weighted by atomic mass is 31.2. The largest absolute Gasteiger partial charge is 0.756 e. The highest BCUT2D eigenvalue weighted by molar-refractivity contribution is 7.45. The molecule has 0 rings (SSSR count). The van der Waals surface area contributed by atoms with Gasteiger partial charge in [0.2, 0.25) is 5.91 Å². The number of ether oxygens (including phenoxy) is 1. The minimum absolute atomic E-state index is 0.0284. The van der Waals surface area contributed by atoms with Crippen molar-refractivity contribution in [3.05, 3.63) is 97.2 Å². The molecule has 0 aliphatic rings. The van der Waals surface area contributed by atoms with E-state index in [-0.39, 0.29) is 24.9 Å². The number of likely N-dealkylation sites (N-methyl/N-ethyl adjacent to an activating group) is 1. The van der Waals surface area contributed by atoms with Crippen LogP contribution in [0.25, 0.3) is 0 Å². The number of esters is 1. The summed E-state index contributed by atoms with van der Waals surface area (Å²) in [4.78, 5) is 40.1. The van der Waals surface area contributed by atoms with Crippen LogP contribution in [0.4, 0.5) is 0 Å². The summed E-state index contributed by atoms with van der Waals surface area (Å²) in [5.41, 5.74) is 0. The predicted octanol–water partition coefficient (Wildman–Crippen LogP) is 20.5. The van der Waals surface area contributed by atoms with Gasteiger partial charge in [0.15, 0.2) is 0 Å². The lowest BCUT2D eigenvalue weighted by Gasteiger charge is -2.30. The Balaban J connectivity index is 5.14. The van der Waals surface area contributed by atoms with Crippen molar-refractivity contribution in [2.75, 3.05) is 40.9 Å². The van der Waals surface area contributed by atoms with E-state index in [4.69, 9.17) is 13.8 Å². The summed E-state index contributed by atoms with van der Waals surface area (Å²) in [7, 11) is 1.17. The summed E-state index contributed by atoms with van der Waals surface area (Å²) in [5, 5.41) is 3.03. The van der Waals surface area contributed by atoms with Crippen LogP contribution in [0, 0.1) is 0 Å². The SMILES string of the molecule is CC/C=C\C/C=C\C/C=C\C/C=C\C/C=C\CCCCCCCCCC(=O)OC(/C=C/CCCCCCCCCCC)C(COP(=O)([O-])OCC[N+](C)(C)C)NC(=O)CCCCCCCCCCCCC/C=C\C/C=C\CCCCC. The number of phosphoric ester groups is 1. The van der Waals surface area contributed by atoms with E-state index in [2.05, 4.69) is 111 Å². The van der Waals surface area contributed by atoms with Gasteiger partial charge in [-0.15, -0.1) is 0 Å². The van der Waals surface area contributed by atoms with Gasteiger partial charge in [-0.3, -0.25) is 14.2 Å². The zero-order valence-electron chi connectivity index (χ0n) is 53.5. The molecule has 468 valence electrons. The number of allylic oxidation sites excluding steroid dienone is 15. The van der Waals surface area contributed by atoms with Gasteiger partial charge in [0, 0.05) is 12.8 Å². The molecular formula is C71H127N2O7P. The second-order valence-corrected chi connectivity index (χ2v) is 25.0. The second kappa shape index (κ2) is 60.1. The Morgan fingerprint density at radius 3 is 1.21 bits per heavy atom. The normalized spacial score (nSPS) is 14.2. The molecule has 0 fully saturated rings. The molecule has 3 atom stereocenters. The molecule has 0 aromatic rings. The number of hydrogen-bond acceptors (Lipinski definition) is 7. The van der Waals surface area contributed by atoms with Crippen molar-refractivity contribution in [3.8, 4) is 0 Å². The van der Waals surface area contributed by atoms with Gasteiger partial charge >= 0.3 is 5.97 Å². The van der Waals surface area contributed by atoms with Crippen molar-refractivity contribution in [1.29, 1.82) is 0 Å². The second-order valence-electron chi connectivity index (χ2n) is 23.6. The van der Waals surface area contributed by atoms with Gasteiger partial charge in [0.1, 0.15) is 19.3 Å². The summed E-state index contributed by atoms with van der Waals surface area (Å²) in [6.07, 6.45) is 80.9. The van der Waals surface area contributed by atoms with Crippen LogP contribution in [-0.4, -0.2) is 69.4 Å². The lowest BCUT2D eigenvalue weighted by atomic mass is 10.0. The number of rotatable bonds is 60. The quantitative estimate of drug-likeness (QED) is 0.0212. The molecule has 0 saturated carbocycles. The van der Waals surface area contributed by atoms with Crippen LogP contribution < -0.4 is 10.2 Å². The van der Waals surface area contributed by atoms with Crippen molar-refractivity contribution in [3.63, 3.8) is 0 Å². The minimum Gasteiger partial charge on any atom is -0.756 e. The Kier molecular flexibility index (Phi) is 57.8. The minimum atomic E-state index is -4.71. The van der Waals surface area contributed by atoms with Gasteiger partial charge < -0.3 is 28.5 Å². The van der Waals surface area contributed by atoms with Gasteiger partial charge in [0.05, 0.1) is 33.8 Å². The first-order chi connectivity index (χ1) is 39.4. The number of unbranched alkanes of at least 4 members (excludes halogenated alkanes) is 30. The zero-order valence-corrected chi connectivity index (χ0v) is 54.4. The standard InChI is InChI=1S/C71H127N2O7P/c1-7-10-13-16-19-22-25-27-29-31-33-35-36-38-40-42-44-46-49-52-55-58-61-64-71(75)80-69(62-59-56-53-50-47-24-21-18-15-12-9-3)68(67-79-81(76,77)78-66-65-73(4,5)6)72-70(74)63-60-57-54-51-48-45-43-41-39-37-34-32-30-28-26-23-20-17-14-11-8-2/h10,13,19-20,22-23,27-30,33,35,38,40,59,62,68-69H,7-9,11-12,14-18,21,24-26,31-32,34,36-37,39,41-58,60-61,63-67H2,1-6H3,(H-,72,74,76,77)/b13-10-,22-19-,23-20-,29-27-,30-28-,35-33-,40-38-,62-59+. The van der Waals surface area contributed by atoms with E-state index in [1.165, 1.54) is 141 Å². The van der Waals surface area contributed by atoms with Crippen molar-refractivity contribution in [2.45, 2.75) is 303 Å². The molecule has 0 aromatic carbocycles. The van der Waals surface area contributed by atoms with Crippen molar-refractivity contribution >= 4 is 19.7 Å². The fraction of sp³-hybridized carbons (Fsp3) is 0.746. The van der Waals surface area contributed by atoms with E-state index < -0.39 is 26.6 Å². The number of amides is 1. The fourth-order valence-electron chi connectivity index (χ4n) is 9.34. The first-order valence-corrected chi connectivity index (χ1v) is 35.0. The smallest absolute Gasteiger partial charge is 0.306 e. The molecule has 1 amide bonds. The summed E-state index contributed by atoms with van der Waals surface area (Å²) in [6.45, 7) is 6.70. The van der Waals surface area contributed by atoms with Crippen LogP contribution in [0.15, 0.2) is 97.2 Å². The molecule has 0 saturated heterocycles. The Morgan fingerprint density at radius 1 is 0.444 bits per heavy atom. The maximum Gasteiger partial charge on any atom is 0.306 e. The highest BCUT2D eigenvalue weighted by Crippen LogP contribution is 2.38. The average Bonchev–Trinajstić information content (AvgIpc) is 3.44. The molecule has 9 nitrogen and oxygen atoms in total. The molecule has 1 N–H and O–H groups in total. The number of carbonyl (C=O) groups excluding carboxylic acids is 2. The maximum absolute atomic E-state index is 13.6. The number of phosphoric acid groups is 1. The summed E-state index contributed by atoms with van der Waals surface area (Å²) >= 11 is 0. The number of carbonyl (C=O) groups is 2. The molecule has 0 aliphatic heterocycles. The lowest BCUT2D eigenvalue weighted by molar-refractivity contribution is -0.870. The van der Waals surface area contributed by atoms with E-state index >= 15 is 0 Å². The summed E-state index contributed by atoms with van der Waals surface area (Å²) in [5.74, 6) is -0.556. The molecule has 3 unspecified atom stereocenters. The first kappa shape index (κ1) is 77.9. The highest BCUT2D eigenvalue weighted by Gasteiger charge is 2.27. The van der Waals surface area contributed by atoms with Crippen LogP contribution in [0.3, 0.4) is 0 Å². The molecule has 0 heterocycles. The van der Waals surface area contributed by atoms with Gasteiger partial charge in [-0.2, -0.15) is 0 Å². The third-order valence-corrected chi connectivity index (χ3v) is 15.5. The van der Waals surface area contributed by atoms with Gasteiger partial charge in [-0.05, 0) is 109 Å². The predicted molar refractivity (Wildman–Crippen MR) is 348 cm³/mol. The average molecular weight is 1150 g/mol. The van der Waals surface area contributed by atoms with E-state index in [0.717, 1.165) is 109 Å². The van der Waals surface area contributed by atoms with Crippen LogP contribution in [0.1, 0.15) is 290 Å². The molecule has 0 aromatic heterocycles. The summed E-state index contributed by atoms with van der Waals surface area (Å²) in [6, 6.07) is -0.900. The molecule has 0 spiro atoms. The number of nitrogens with one attached hydrogen (secondary N) is 1. The maximum atomic E-state index is 13.6. The number of hydrogen-bond donors (Lipinski definition) is 1. The Hall–Kier alpha value is -3.07. The first-order valence-electron chi connectivity index (χ1n) is 33.5. The molecular weight excluding hydrogens is 1020 g/mol.